The highest BCUT2D eigenvalue weighted by atomic mass is 32.2. The molecule has 1 fully saturated rings. The normalized spacial score (nSPS) is 16.3. The molecule has 2 aromatic rings. The summed E-state index contributed by atoms with van der Waals surface area (Å²) in [6, 6.07) is 17.1. The van der Waals surface area contributed by atoms with Crippen LogP contribution in [0.25, 0.3) is 0 Å². The van der Waals surface area contributed by atoms with E-state index in [-0.39, 0.29) is 24.2 Å². The Labute approximate surface area is 163 Å². The van der Waals surface area contributed by atoms with E-state index in [0.29, 0.717) is 18.7 Å². The lowest BCUT2D eigenvalue weighted by Crippen LogP contribution is -2.34. The van der Waals surface area contributed by atoms with Crippen molar-refractivity contribution in [2.45, 2.75) is 17.9 Å². The average Bonchev–Trinajstić information content (AvgIpc) is 3.09. The molecule has 0 N–H and O–H groups in total. The standard InChI is InChI=1S/C21H21N3O2S/c1-23(13-16-5-3-15(12-22)4-6-16)21(26)17-11-20(25)24(14-17)18-7-9-19(27-2)10-8-18/h3-10,17H,11,13-14H2,1-2H3. The number of benzene rings is 2. The van der Waals surface area contributed by atoms with Crippen molar-refractivity contribution in [1.29, 1.82) is 5.26 Å². The Morgan fingerprint density at radius 2 is 1.89 bits per heavy atom. The molecule has 0 aliphatic carbocycles. The maximum absolute atomic E-state index is 12.8. The van der Waals surface area contributed by atoms with Gasteiger partial charge in [-0.25, -0.2) is 0 Å². The summed E-state index contributed by atoms with van der Waals surface area (Å²) in [4.78, 5) is 29.7. The van der Waals surface area contributed by atoms with Gasteiger partial charge in [-0.1, -0.05) is 12.1 Å². The fraction of sp³-hybridized carbons (Fsp3) is 0.286. The third-order valence-corrected chi connectivity index (χ3v) is 5.48. The zero-order valence-corrected chi connectivity index (χ0v) is 16.2. The molecule has 1 aliphatic rings. The van der Waals surface area contributed by atoms with Gasteiger partial charge in [0.25, 0.3) is 0 Å². The van der Waals surface area contributed by atoms with Crippen LogP contribution >= 0.6 is 11.8 Å². The quantitative estimate of drug-likeness (QED) is 0.748. The number of rotatable bonds is 5. The van der Waals surface area contributed by atoms with Crippen LogP contribution in [0.15, 0.2) is 53.4 Å². The van der Waals surface area contributed by atoms with E-state index in [4.69, 9.17) is 5.26 Å². The van der Waals surface area contributed by atoms with Crippen molar-refractivity contribution in [2.24, 2.45) is 5.92 Å². The molecule has 0 aromatic heterocycles. The molecule has 1 heterocycles. The molecule has 0 spiro atoms. The molecule has 5 nitrogen and oxygen atoms in total. The number of hydrogen-bond acceptors (Lipinski definition) is 4. The lowest BCUT2D eigenvalue weighted by Gasteiger charge is -2.21. The Morgan fingerprint density at radius 3 is 2.48 bits per heavy atom. The van der Waals surface area contributed by atoms with Crippen molar-refractivity contribution in [2.75, 3.05) is 24.7 Å². The summed E-state index contributed by atoms with van der Waals surface area (Å²) in [6.45, 7) is 0.867. The largest absolute Gasteiger partial charge is 0.341 e. The lowest BCUT2D eigenvalue weighted by molar-refractivity contribution is -0.135. The zero-order valence-electron chi connectivity index (χ0n) is 15.4. The topological polar surface area (TPSA) is 64.4 Å². The van der Waals surface area contributed by atoms with Gasteiger partial charge in [-0.15, -0.1) is 11.8 Å². The molecule has 1 saturated heterocycles. The maximum Gasteiger partial charge on any atom is 0.228 e. The highest BCUT2D eigenvalue weighted by molar-refractivity contribution is 7.98. The van der Waals surface area contributed by atoms with E-state index in [1.54, 1.807) is 40.7 Å². The molecule has 0 saturated carbocycles. The Bertz CT molecular complexity index is 872. The van der Waals surface area contributed by atoms with Crippen molar-refractivity contribution in [1.82, 2.24) is 4.90 Å². The van der Waals surface area contributed by atoms with Crippen LogP contribution in [0.3, 0.4) is 0 Å². The first-order chi connectivity index (χ1) is 13.0. The molecule has 1 aliphatic heterocycles. The summed E-state index contributed by atoms with van der Waals surface area (Å²) >= 11 is 1.65. The van der Waals surface area contributed by atoms with Crippen LogP contribution in [0.5, 0.6) is 0 Å². The van der Waals surface area contributed by atoms with Gasteiger partial charge in [0.2, 0.25) is 11.8 Å². The van der Waals surface area contributed by atoms with E-state index in [0.717, 1.165) is 16.1 Å². The molecule has 1 unspecified atom stereocenters. The molecule has 1 atom stereocenters. The van der Waals surface area contributed by atoms with Crippen molar-refractivity contribution in [3.05, 3.63) is 59.7 Å². The summed E-state index contributed by atoms with van der Waals surface area (Å²) in [6.07, 6.45) is 2.25. The van der Waals surface area contributed by atoms with Crippen LogP contribution in [0, 0.1) is 17.2 Å². The summed E-state index contributed by atoms with van der Waals surface area (Å²) < 4.78 is 0. The Hall–Kier alpha value is -2.78. The van der Waals surface area contributed by atoms with E-state index >= 15 is 0 Å². The van der Waals surface area contributed by atoms with Gasteiger partial charge in [0, 0.05) is 37.1 Å². The molecular formula is C21H21N3O2S. The molecule has 6 heteroatoms. The van der Waals surface area contributed by atoms with Crippen molar-refractivity contribution in [3.8, 4) is 6.07 Å². The first-order valence-corrected chi connectivity index (χ1v) is 9.92. The molecule has 0 bridgehead atoms. The number of hydrogen-bond donors (Lipinski definition) is 0. The second-order valence-electron chi connectivity index (χ2n) is 6.61. The van der Waals surface area contributed by atoms with Gasteiger partial charge in [-0.05, 0) is 48.2 Å². The zero-order chi connectivity index (χ0) is 19.4. The third-order valence-electron chi connectivity index (χ3n) is 4.74. The molecule has 2 amide bonds. The Kier molecular flexibility index (Phi) is 5.82. The van der Waals surface area contributed by atoms with E-state index in [1.165, 1.54) is 0 Å². The van der Waals surface area contributed by atoms with Gasteiger partial charge in [-0.2, -0.15) is 5.26 Å². The predicted molar refractivity (Wildman–Crippen MR) is 106 cm³/mol. The van der Waals surface area contributed by atoms with E-state index in [2.05, 4.69) is 6.07 Å². The lowest BCUT2D eigenvalue weighted by atomic mass is 10.1. The van der Waals surface area contributed by atoms with Crippen LogP contribution in [-0.2, 0) is 16.1 Å². The summed E-state index contributed by atoms with van der Waals surface area (Å²) in [7, 11) is 1.75. The van der Waals surface area contributed by atoms with Crippen LogP contribution in [0.4, 0.5) is 5.69 Å². The number of amides is 2. The SMILES string of the molecule is CSc1ccc(N2CC(C(=O)N(C)Cc3ccc(C#N)cc3)CC2=O)cc1. The van der Waals surface area contributed by atoms with E-state index in [1.807, 2.05) is 42.7 Å². The van der Waals surface area contributed by atoms with Crippen LogP contribution in [0.1, 0.15) is 17.5 Å². The summed E-state index contributed by atoms with van der Waals surface area (Å²) in [5.74, 6) is -0.380. The number of carbonyl (C=O) groups is 2. The number of nitrogens with zero attached hydrogens (tertiary/aromatic N) is 3. The molecular weight excluding hydrogens is 358 g/mol. The Morgan fingerprint density at radius 1 is 1.22 bits per heavy atom. The number of anilines is 1. The fourth-order valence-electron chi connectivity index (χ4n) is 3.23. The summed E-state index contributed by atoms with van der Waals surface area (Å²) in [5.41, 5.74) is 2.39. The predicted octanol–water partition coefficient (Wildman–Crippen LogP) is 3.29. The first-order valence-electron chi connectivity index (χ1n) is 8.70. The molecule has 3 rings (SSSR count). The second kappa shape index (κ2) is 8.28. The van der Waals surface area contributed by atoms with Crippen LogP contribution in [-0.4, -0.2) is 36.6 Å². The van der Waals surface area contributed by atoms with Crippen molar-refractivity contribution >= 4 is 29.3 Å². The maximum atomic E-state index is 12.8. The van der Waals surface area contributed by atoms with Gasteiger partial charge in [0.05, 0.1) is 17.6 Å². The number of nitriles is 1. The summed E-state index contributed by atoms with van der Waals surface area (Å²) in [5, 5.41) is 8.86. The highest BCUT2D eigenvalue weighted by Crippen LogP contribution is 2.28. The Balaban J connectivity index is 1.64. The minimum absolute atomic E-state index is 0.0166. The molecule has 0 radical (unpaired) electrons. The van der Waals surface area contributed by atoms with Gasteiger partial charge in [0.1, 0.15) is 0 Å². The smallest absolute Gasteiger partial charge is 0.228 e. The number of thioether (sulfide) groups is 1. The van der Waals surface area contributed by atoms with Crippen molar-refractivity contribution < 1.29 is 9.59 Å². The number of carbonyl (C=O) groups excluding carboxylic acids is 2. The monoisotopic (exact) mass is 379 g/mol. The van der Waals surface area contributed by atoms with Crippen LogP contribution < -0.4 is 4.90 Å². The fourth-order valence-corrected chi connectivity index (χ4v) is 3.64. The first kappa shape index (κ1) is 19.0. The third kappa shape index (κ3) is 4.32. The van der Waals surface area contributed by atoms with Crippen molar-refractivity contribution in [3.63, 3.8) is 0 Å². The molecule has 27 heavy (non-hydrogen) atoms. The average molecular weight is 379 g/mol. The molecule has 138 valence electrons. The van der Waals surface area contributed by atoms with Crippen LogP contribution in [0.2, 0.25) is 0 Å². The molecule has 2 aromatic carbocycles. The minimum atomic E-state index is -0.332. The van der Waals surface area contributed by atoms with Gasteiger partial charge in [0.15, 0.2) is 0 Å². The van der Waals surface area contributed by atoms with E-state index < -0.39 is 0 Å². The van der Waals surface area contributed by atoms with Gasteiger partial charge in [-0.3, -0.25) is 9.59 Å². The van der Waals surface area contributed by atoms with Gasteiger partial charge < -0.3 is 9.80 Å². The minimum Gasteiger partial charge on any atom is -0.341 e. The highest BCUT2D eigenvalue weighted by Gasteiger charge is 2.36. The van der Waals surface area contributed by atoms with Gasteiger partial charge >= 0.3 is 0 Å². The van der Waals surface area contributed by atoms with E-state index in [9.17, 15) is 9.59 Å². The second-order valence-corrected chi connectivity index (χ2v) is 7.49.